The summed E-state index contributed by atoms with van der Waals surface area (Å²) in [5, 5.41) is 2.48. The zero-order valence-electron chi connectivity index (χ0n) is 16.5. The number of rotatable bonds is 4. The molecule has 0 aliphatic carbocycles. The van der Waals surface area contributed by atoms with Gasteiger partial charge >= 0.3 is 0 Å². The van der Waals surface area contributed by atoms with Crippen molar-refractivity contribution in [1.82, 2.24) is 14.6 Å². The molecule has 0 radical (unpaired) electrons. The lowest BCUT2D eigenvalue weighted by Crippen LogP contribution is -2.42. The molecule has 1 saturated heterocycles. The van der Waals surface area contributed by atoms with Crippen molar-refractivity contribution >= 4 is 39.2 Å². The highest BCUT2D eigenvalue weighted by atomic mass is 32.2. The summed E-state index contributed by atoms with van der Waals surface area (Å²) in [6.45, 7) is 5.65. The number of fused-ring (bicyclic) bond motifs is 1. The van der Waals surface area contributed by atoms with Crippen molar-refractivity contribution in [3.63, 3.8) is 0 Å². The molecule has 3 heterocycles. The van der Waals surface area contributed by atoms with Gasteiger partial charge in [-0.25, -0.2) is 9.66 Å². The average Bonchev–Trinajstić information content (AvgIpc) is 3.16. The number of carbonyl (C=O) groups excluding carboxylic acids is 1. The van der Waals surface area contributed by atoms with Gasteiger partial charge in [0.1, 0.15) is 4.83 Å². The molecule has 1 atom stereocenters. The summed E-state index contributed by atoms with van der Waals surface area (Å²) < 4.78 is 1.08. The molecule has 0 bridgehead atoms. The van der Waals surface area contributed by atoms with Gasteiger partial charge in [-0.05, 0) is 31.2 Å². The third-order valence-electron chi connectivity index (χ3n) is 5.42. The molecule has 2 aromatic heterocycles. The molecule has 3 aromatic rings. The quantitative estimate of drug-likeness (QED) is 0.390. The minimum Gasteiger partial charge on any atom is -0.342 e. The van der Waals surface area contributed by atoms with Crippen LogP contribution in [0.5, 0.6) is 0 Å². The van der Waals surface area contributed by atoms with Crippen LogP contribution in [0.2, 0.25) is 0 Å². The number of thiophene rings is 1. The number of piperidine rings is 1. The predicted octanol–water partition coefficient (Wildman–Crippen LogP) is 3.58. The summed E-state index contributed by atoms with van der Waals surface area (Å²) in [5.41, 5.74) is 1.51. The highest BCUT2D eigenvalue weighted by Crippen LogP contribution is 2.32. The summed E-state index contributed by atoms with van der Waals surface area (Å²) in [6.07, 6.45) is 2.07. The number of hydrogen-bond donors (Lipinski definition) is 1. The number of nitrogen functional groups attached to an aromatic ring is 1. The normalized spacial score (nSPS) is 16.3. The molecule has 1 fully saturated rings. The Balaban J connectivity index is 1.61. The van der Waals surface area contributed by atoms with E-state index in [0.717, 1.165) is 41.7 Å². The van der Waals surface area contributed by atoms with Crippen LogP contribution in [0.1, 0.15) is 26.7 Å². The SMILES string of the molecule is CC1CCN(C(=O)C(C)Sc2nc3scc(-c4ccccc4)c3c(=O)n2N)CC1. The topological polar surface area (TPSA) is 81.2 Å². The Morgan fingerprint density at radius 3 is 2.66 bits per heavy atom. The fourth-order valence-corrected chi connectivity index (χ4v) is 5.49. The van der Waals surface area contributed by atoms with Gasteiger partial charge in [-0.15, -0.1) is 11.3 Å². The first kappa shape index (κ1) is 20.0. The number of carbonyl (C=O) groups is 1. The maximum atomic E-state index is 13.0. The van der Waals surface area contributed by atoms with Gasteiger partial charge in [0.2, 0.25) is 5.91 Å². The van der Waals surface area contributed by atoms with Crippen LogP contribution in [-0.2, 0) is 4.79 Å². The predicted molar refractivity (Wildman–Crippen MR) is 120 cm³/mol. The van der Waals surface area contributed by atoms with E-state index in [1.807, 2.05) is 47.5 Å². The van der Waals surface area contributed by atoms with Crippen LogP contribution in [0.3, 0.4) is 0 Å². The maximum Gasteiger partial charge on any atom is 0.282 e. The first-order valence-corrected chi connectivity index (χ1v) is 11.5. The molecular formula is C21H24N4O2S2. The Bertz CT molecular complexity index is 1090. The van der Waals surface area contributed by atoms with Crippen molar-refractivity contribution in [2.45, 2.75) is 37.1 Å². The summed E-state index contributed by atoms with van der Waals surface area (Å²) in [6, 6.07) is 9.74. The van der Waals surface area contributed by atoms with Crippen molar-refractivity contribution in [1.29, 1.82) is 0 Å². The van der Waals surface area contributed by atoms with Gasteiger partial charge in [0.15, 0.2) is 5.16 Å². The maximum absolute atomic E-state index is 13.0. The van der Waals surface area contributed by atoms with Crippen LogP contribution >= 0.6 is 23.1 Å². The molecule has 2 N–H and O–H groups in total. The minimum absolute atomic E-state index is 0.0763. The second-order valence-electron chi connectivity index (χ2n) is 7.53. The van der Waals surface area contributed by atoms with Crippen LogP contribution in [0, 0.1) is 5.92 Å². The van der Waals surface area contributed by atoms with Crippen LogP contribution in [0.4, 0.5) is 0 Å². The number of likely N-dealkylation sites (tertiary alicyclic amines) is 1. The first-order chi connectivity index (χ1) is 14.0. The Morgan fingerprint density at radius 1 is 1.28 bits per heavy atom. The smallest absolute Gasteiger partial charge is 0.282 e. The Kier molecular flexibility index (Phi) is 5.65. The summed E-state index contributed by atoms with van der Waals surface area (Å²) in [7, 11) is 0. The number of aromatic nitrogens is 2. The Hall–Kier alpha value is -2.32. The monoisotopic (exact) mass is 428 g/mol. The van der Waals surface area contributed by atoms with E-state index in [-0.39, 0.29) is 16.7 Å². The number of thioether (sulfide) groups is 1. The van der Waals surface area contributed by atoms with Crippen molar-refractivity contribution in [3.8, 4) is 11.1 Å². The molecule has 29 heavy (non-hydrogen) atoms. The van der Waals surface area contributed by atoms with E-state index in [4.69, 9.17) is 5.84 Å². The number of nitrogens with two attached hydrogens (primary N) is 1. The molecule has 8 heteroatoms. The largest absolute Gasteiger partial charge is 0.342 e. The molecule has 0 spiro atoms. The lowest BCUT2D eigenvalue weighted by molar-refractivity contribution is -0.131. The first-order valence-electron chi connectivity index (χ1n) is 9.76. The zero-order chi connectivity index (χ0) is 20.5. The molecule has 1 unspecified atom stereocenters. The molecular weight excluding hydrogens is 404 g/mol. The summed E-state index contributed by atoms with van der Waals surface area (Å²) in [4.78, 5) is 33.0. The fourth-order valence-electron chi connectivity index (χ4n) is 3.59. The fraction of sp³-hybridized carbons (Fsp3) is 0.381. The number of nitrogens with zero attached hydrogens (tertiary/aromatic N) is 3. The van der Waals surface area contributed by atoms with E-state index >= 15 is 0 Å². The lowest BCUT2D eigenvalue weighted by Gasteiger charge is -2.32. The number of hydrogen-bond acceptors (Lipinski definition) is 6. The van der Waals surface area contributed by atoms with Gasteiger partial charge in [0, 0.05) is 24.0 Å². The summed E-state index contributed by atoms with van der Waals surface area (Å²) in [5.74, 6) is 6.84. The standard InChI is InChI=1S/C21H24N4O2S2/c1-13-8-10-24(11-9-13)19(26)14(2)29-21-23-18-17(20(27)25(21)22)16(12-28-18)15-6-4-3-5-7-15/h3-7,12-14H,8-11,22H2,1-2H3. The van der Waals surface area contributed by atoms with Gasteiger partial charge in [-0.3, -0.25) is 9.59 Å². The Labute approximate surface area is 177 Å². The molecule has 4 rings (SSSR count). The third kappa shape index (κ3) is 3.91. The van der Waals surface area contributed by atoms with Crippen molar-refractivity contribution in [3.05, 3.63) is 46.1 Å². The van der Waals surface area contributed by atoms with Crippen LogP contribution in [-0.4, -0.2) is 38.8 Å². The van der Waals surface area contributed by atoms with Crippen LogP contribution in [0.25, 0.3) is 21.3 Å². The molecule has 6 nitrogen and oxygen atoms in total. The van der Waals surface area contributed by atoms with E-state index in [1.165, 1.54) is 23.1 Å². The van der Waals surface area contributed by atoms with Gasteiger partial charge in [-0.1, -0.05) is 49.0 Å². The van der Waals surface area contributed by atoms with Crippen molar-refractivity contribution in [2.75, 3.05) is 18.9 Å². The van der Waals surface area contributed by atoms with Crippen molar-refractivity contribution in [2.24, 2.45) is 5.92 Å². The van der Waals surface area contributed by atoms with E-state index in [1.54, 1.807) is 0 Å². The molecule has 0 saturated carbocycles. The van der Waals surface area contributed by atoms with Gasteiger partial charge in [-0.2, -0.15) is 0 Å². The second kappa shape index (κ2) is 8.20. The molecule has 152 valence electrons. The molecule has 1 aliphatic rings. The van der Waals surface area contributed by atoms with E-state index in [9.17, 15) is 9.59 Å². The number of benzene rings is 1. The highest BCUT2D eigenvalue weighted by molar-refractivity contribution is 8.00. The minimum atomic E-state index is -0.351. The second-order valence-corrected chi connectivity index (χ2v) is 9.70. The van der Waals surface area contributed by atoms with Crippen LogP contribution in [0.15, 0.2) is 45.7 Å². The lowest BCUT2D eigenvalue weighted by atomic mass is 9.99. The highest BCUT2D eigenvalue weighted by Gasteiger charge is 2.27. The number of amides is 1. The Morgan fingerprint density at radius 2 is 1.97 bits per heavy atom. The third-order valence-corrected chi connectivity index (χ3v) is 7.34. The zero-order valence-corrected chi connectivity index (χ0v) is 18.1. The van der Waals surface area contributed by atoms with Crippen molar-refractivity contribution < 1.29 is 4.79 Å². The molecule has 1 aliphatic heterocycles. The molecule has 1 aromatic carbocycles. The molecule has 1 amide bonds. The van der Waals surface area contributed by atoms with E-state index < -0.39 is 0 Å². The van der Waals surface area contributed by atoms with Gasteiger partial charge in [0.05, 0.1) is 10.6 Å². The summed E-state index contributed by atoms with van der Waals surface area (Å²) >= 11 is 2.67. The van der Waals surface area contributed by atoms with E-state index in [0.29, 0.717) is 21.3 Å². The average molecular weight is 429 g/mol. The van der Waals surface area contributed by atoms with E-state index in [2.05, 4.69) is 11.9 Å². The van der Waals surface area contributed by atoms with Gasteiger partial charge < -0.3 is 10.7 Å². The van der Waals surface area contributed by atoms with Gasteiger partial charge in [0.25, 0.3) is 5.56 Å². The van der Waals surface area contributed by atoms with Crippen LogP contribution < -0.4 is 11.4 Å².